The summed E-state index contributed by atoms with van der Waals surface area (Å²) in [4.78, 5) is 11.0. The molecule has 0 saturated heterocycles. The molecule has 4 heteroatoms. The Labute approximate surface area is 101 Å². The first-order valence-corrected chi connectivity index (χ1v) is 6.03. The van der Waals surface area contributed by atoms with E-state index in [0.29, 0.717) is 12.1 Å². The van der Waals surface area contributed by atoms with Crippen LogP contribution >= 0.6 is 0 Å². The number of carbonyl (C=O) groups is 1. The second kappa shape index (κ2) is 5.19. The van der Waals surface area contributed by atoms with Gasteiger partial charge in [0.1, 0.15) is 0 Å². The molecule has 17 heavy (non-hydrogen) atoms. The highest BCUT2D eigenvalue weighted by atomic mass is 16.1. The summed E-state index contributed by atoms with van der Waals surface area (Å²) in [6.45, 7) is 0. The number of nitrogens with two attached hydrogens (primary N) is 2. The van der Waals surface area contributed by atoms with Crippen LogP contribution in [0.1, 0.15) is 24.8 Å². The van der Waals surface area contributed by atoms with Gasteiger partial charge in [-0.05, 0) is 30.9 Å². The first-order valence-electron chi connectivity index (χ1n) is 6.03. The molecule has 1 aliphatic carbocycles. The number of hydrogen-bond acceptors (Lipinski definition) is 3. The molecule has 0 spiro atoms. The summed E-state index contributed by atoms with van der Waals surface area (Å²) in [5.41, 5.74) is 13.1. The van der Waals surface area contributed by atoms with Crippen molar-refractivity contribution >= 4 is 11.6 Å². The number of primary amides is 1. The van der Waals surface area contributed by atoms with Gasteiger partial charge in [0, 0.05) is 17.8 Å². The van der Waals surface area contributed by atoms with Crippen LogP contribution in [0.3, 0.4) is 0 Å². The third-order valence-electron chi connectivity index (χ3n) is 3.21. The van der Waals surface area contributed by atoms with Crippen molar-refractivity contribution in [2.75, 3.05) is 5.32 Å². The molecule has 92 valence electrons. The van der Waals surface area contributed by atoms with Crippen molar-refractivity contribution in [3.8, 4) is 0 Å². The Morgan fingerprint density at radius 3 is 2.76 bits per heavy atom. The van der Waals surface area contributed by atoms with Gasteiger partial charge in [-0.25, -0.2) is 0 Å². The second-order valence-electron chi connectivity index (χ2n) is 4.71. The molecule has 5 N–H and O–H groups in total. The second-order valence-corrected chi connectivity index (χ2v) is 4.71. The Kier molecular flexibility index (Phi) is 3.64. The molecule has 0 heterocycles. The molecular weight excluding hydrogens is 214 g/mol. The monoisotopic (exact) mass is 233 g/mol. The lowest BCUT2D eigenvalue weighted by Crippen LogP contribution is -2.22. The first kappa shape index (κ1) is 11.9. The van der Waals surface area contributed by atoms with E-state index in [1.54, 1.807) is 0 Å². The average Bonchev–Trinajstić information content (AvgIpc) is 2.66. The Bertz CT molecular complexity index is 405. The third-order valence-corrected chi connectivity index (χ3v) is 3.21. The molecule has 1 aromatic carbocycles. The number of amides is 1. The summed E-state index contributed by atoms with van der Waals surface area (Å²) in [6, 6.07) is 8.52. The number of anilines is 1. The summed E-state index contributed by atoms with van der Waals surface area (Å²) in [7, 11) is 0. The van der Waals surface area contributed by atoms with Gasteiger partial charge >= 0.3 is 0 Å². The molecule has 2 unspecified atom stereocenters. The number of benzene rings is 1. The lowest BCUT2D eigenvalue weighted by Gasteiger charge is -2.16. The number of carbonyl (C=O) groups excluding carboxylic acids is 1. The molecule has 0 aromatic heterocycles. The van der Waals surface area contributed by atoms with E-state index in [1.165, 1.54) is 0 Å². The van der Waals surface area contributed by atoms with Crippen LogP contribution in [0.5, 0.6) is 0 Å². The van der Waals surface area contributed by atoms with Crippen molar-refractivity contribution in [1.29, 1.82) is 0 Å². The van der Waals surface area contributed by atoms with E-state index in [2.05, 4.69) is 5.32 Å². The Morgan fingerprint density at radius 2 is 2.12 bits per heavy atom. The molecule has 1 aromatic rings. The molecule has 0 bridgehead atoms. The van der Waals surface area contributed by atoms with Crippen molar-refractivity contribution in [2.45, 2.75) is 37.8 Å². The lowest BCUT2D eigenvalue weighted by atomic mass is 10.1. The van der Waals surface area contributed by atoms with E-state index in [9.17, 15) is 4.79 Å². The van der Waals surface area contributed by atoms with Crippen LogP contribution < -0.4 is 16.8 Å². The van der Waals surface area contributed by atoms with Gasteiger partial charge in [-0.2, -0.15) is 0 Å². The van der Waals surface area contributed by atoms with Crippen LogP contribution in [0.4, 0.5) is 5.69 Å². The Balaban J connectivity index is 2.06. The number of nitrogens with one attached hydrogen (secondary N) is 1. The summed E-state index contributed by atoms with van der Waals surface area (Å²) in [5, 5.41) is 3.46. The largest absolute Gasteiger partial charge is 0.382 e. The smallest absolute Gasteiger partial charge is 0.221 e. The maximum atomic E-state index is 11.0. The zero-order valence-corrected chi connectivity index (χ0v) is 9.86. The molecule has 4 nitrogen and oxygen atoms in total. The molecule has 2 atom stereocenters. The molecule has 0 aliphatic heterocycles. The standard InChI is InChI=1S/C13H19N3O/c14-10-5-6-11(8-10)16-12-4-2-1-3-9(12)7-13(15)17/h1-4,10-11,16H,5-8,14H2,(H2,15,17). The van der Waals surface area contributed by atoms with E-state index in [4.69, 9.17) is 11.5 Å². The fraction of sp³-hybridized carbons (Fsp3) is 0.462. The van der Waals surface area contributed by atoms with Gasteiger partial charge in [0.15, 0.2) is 0 Å². The van der Waals surface area contributed by atoms with E-state index in [-0.39, 0.29) is 12.3 Å². The summed E-state index contributed by atoms with van der Waals surface area (Å²) in [5.74, 6) is -0.303. The van der Waals surface area contributed by atoms with Crippen LogP contribution in [-0.4, -0.2) is 18.0 Å². The van der Waals surface area contributed by atoms with Gasteiger partial charge in [0.05, 0.1) is 6.42 Å². The number of rotatable bonds is 4. The van der Waals surface area contributed by atoms with Crippen molar-refractivity contribution in [3.05, 3.63) is 29.8 Å². The van der Waals surface area contributed by atoms with Gasteiger partial charge in [0.25, 0.3) is 0 Å². The predicted molar refractivity (Wildman–Crippen MR) is 68.6 cm³/mol. The minimum absolute atomic E-state index is 0.280. The van der Waals surface area contributed by atoms with Gasteiger partial charge in [0.2, 0.25) is 5.91 Å². The van der Waals surface area contributed by atoms with Gasteiger partial charge in [-0.3, -0.25) is 4.79 Å². The fourth-order valence-electron chi connectivity index (χ4n) is 2.37. The van der Waals surface area contributed by atoms with E-state index < -0.39 is 0 Å². The van der Waals surface area contributed by atoms with Gasteiger partial charge in [-0.15, -0.1) is 0 Å². The normalized spacial score (nSPS) is 23.6. The minimum atomic E-state index is -0.303. The predicted octanol–water partition coefficient (Wildman–Crippen LogP) is 1.01. The van der Waals surface area contributed by atoms with E-state index >= 15 is 0 Å². The van der Waals surface area contributed by atoms with Gasteiger partial charge < -0.3 is 16.8 Å². The summed E-state index contributed by atoms with van der Waals surface area (Å²) in [6.07, 6.45) is 3.43. The zero-order chi connectivity index (χ0) is 12.3. The third kappa shape index (κ3) is 3.20. The van der Waals surface area contributed by atoms with Crippen LogP contribution in [0.2, 0.25) is 0 Å². The molecule has 1 saturated carbocycles. The highest BCUT2D eigenvalue weighted by molar-refractivity contribution is 5.78. The minimum Gasteiger partial charge on any atom is -0.382 e. The molecule has 1 fully saturated rings. The fourth-order valence-corrected chi connectivity index (χ4v) is 2.37. The average molecular weight is 233 g/mol. The number of para-hydroxylation sites is 1. The molecule has 1 amide bonds. The van der Waals surface area contributed by atoms with Crippen molar-refractivity contribution in [1.82, 2.24) is 0 Å². The molecular formula is C13H19N3O. The van der Waals surface area contributed by atoms with Crippen LogP contribution in [-0.2, 0) is 11.2 Å². The molecule has 1 aliphatic rings. The van der Waals surface area contributed by atoms with E-state index in [0.717, 1.165) is 30.5 Å². The Hall–Kier alpha value is -1.55. The maximum Gasteiger partial charge on any atom is 0.221 e. The highest BCUT2D eigenvalue weighted by Crippen LogP contribution is 2.24. The first-order chi connectivity index (χ1) is 8.15. The van der Waals surface area contributed by atoms with Crippen LogP contribution in [0.15, 0.2) is 24.3 Å². The maximum absolute atomic E-state index is 11.0. The topological polar surface area (TPSA) is 81.1 Å². The molecule has 0 radical (unpaired) electrons. The van der Waals surface area contributed by atoms with E-state index in [1.807, 2.05) is 24.3 Å². The quantitative estimate of drug-likeness (QED) is 0.726. The van der Waals surface area contributed by atoms with Crippen molar-refractivity contribution < 1.29 is 4.79 Å². The Morgan fingerprint density at radius 1 is 1.35 bits per heavy atom. The molecule has 2 rings (SSSR count). The van der Waals surface area contributed by atoms with Gasteiger partial charge in [-0.1, -0.05) is 18.2 Å². The lowest BCUT2D eigenvalue weighted by molar-refractivity contribution is -0.117. The van der Waals surface area contributed by atoms with Crippen LogP contribution in [0, 0.1) is 0 Å². The summed E-state index contributed by atoms with van der Waals surface area (Å²) >= 11 is 0. The highest BCUT2D eigenvalue weighted by Gasteiger charge is 2.22. The SMILES string of the molecule is NC(=O)Cc1ccccc1NC1CCC(N)C1. The van der Waals surface area contributed by atoms with Crippen molar-refractivity contribution in [3.63, 3.8) is 0 Å². The van der Waals surface area contributed by atoms with Crippen molar-refractivity contribution in [2.24, 2.45) is 11.5 Å². The zero-order valence-electron chi connectivity index (χ0n) is 9.86. The number of hydrogen-bond donors (Lipinski definition) is 3. The summed E-state index contributed by atoms with van der Waals surface area (Å²) < 4.78 is 0. The van der Waals surface area contributed by atoms with Crippen LogP contribution in [0.25, 0.3) is 0 Å².